The first-order valence-corrected chi connectivity index (χ1v) is 7.79. The molecule has 2 N–H and O–H groups in total. The van der Waals surface area contributed by atoms with Crippen LogP contribution in [-0.2, 0) is 9.53 Å². The minimum absolute atomic E-state index is 0.0532. The van der Waals surface area contributed by atoms with Gasteiger partial charge in [0.05, 0.1) is 5.60 Å². The van der Waals surface area contributed by atoms with Crippen molar-refractivity contribution in [1.29, 1.82) is 0 Å². The summed E-state index contributed by atoms with van der Waals surface area (Å²) in [5.41, 5.74) is -0.574. The van der Waals surface area contributed by atoms with Crippen molar-refractivity contribution in [3.8, 4) is 0 Å². The molecule has 3 rings (SSSR count). The van der Waals surface area contributed by atoms with Gasteiger partial charge < -0.3 is 9.84 Å². The van der Waals surface area contributed by atoms with E-state index in [9.17, 15) is 9.90 Å². The van der Waals surface area contributed by atoms with Crippen molar-refractivity contribution in [3.63, 3.8) is 0 Å². The zero-order valence-electron chi connectivity index (χ0n) is 11.6. The quantitative estimate of drug-likeness (QED) is 0.824. The standard InChI is InChI=1S/C15H25NO3/c17-13(18)15(8-4-9-15)16-12-5-10-19-14(11-12)6-2-1-3-7-14/h12,16H,1-11H2,(H,17,18). The second kappa shape index (κ2) is 5.06. The molecule has 4 heteroatoms. The van der Waals surface area contributed by atoms with E-state index < -0.39 is 11.5 Å². The van der Waals surface area contributed by atoms with E-state index in [1.807, 2.05) is 0 Å². The van der Waals surface area contributed by atoms with Crippen molar-refractivity contribution in [2.24, 2.45) is 0 Å². The van der Waals surface area contributed by atoms with Crippen molar-refractivity contribution in [3.05, 3.63) is 0 Å². The van der Waals surface area contributed by atoms with E-state index in [2.05, 4.69) is 5.32 Å². The Labute approximate surface area is 114 Å². The van der Waals surface area contributed by atoms with E-state index in [4.69, 9.17) is 4.74 Å². The van der Waals surface area contributed by atoms with Crippen LogP contribution in [0.2, 0.25) is 0 Å². The van der Waals surface area contributed by atoms with Crippen molar-refractivity contribution in [1.82, 2.24) is 5.32 Å². The van der Waals surface area contributed by atoms with Crippen molar-refractivity contribution >= 4 is 5.97 Å². The van der Waals surface area contributed by atoms with Crippen molar-refractivity contribution in [2.75, 3.05) is 6.61 Å². The van der Waals surface area contributed by atoms with Gasteiger partial charge in [-0.15, -0.1) is 0 Å². The Balaban J connectivity index is 1.63. The largest absolute Gasteiger partial charge is 0.480 e. The Hall–Kier alpha value is -0.610. The third-order valence-corrected chi connectivity index (χ3v) is 5.35. The van der Waals surface area contributed by atoms with Crippen molar-refractivity contribution in [2.45, 2.75) is 81.4 Å². The third-order valence-electron chi connectivity index (χ3n) is 5.35. The lowest BCUT2D eigenvalue weighted by molar-refractivity contribution is -0.152. The number of aliphatic carboxylic acids is 1. The van der Waals surface area contributed by atoms with Gasteiger partial charge in [0.25, 0.3) is 0 Å². The summed E-state index contributed by atoms with van der Waals surface area (Å²) >= 11 is 0. The first kappa shape index (κ1) is 13.4. The van der Waals surface area contributed by atoms with Crippen LogP contribution in [0.3, 0.4) is 0 Å². The molecular weight excluding hydrogens is 242 g/mol. The molecule has 2 saturated carbocycles. The maximum Gasteiger partial charge on any atom is 0.323 e. The van der Waals surface area contributed by atoms with Crippen LogP contribution in [0.1, 0.15) is 64.2 Å². The molecule has 3 aliphatic rings. The predicted molar refractivity (Wildman–Crippen MR) is 72.1 cm³/mol. The van der Waals surface area contributed by atoms with Crippen LogP contribution < -0.4 is 5.32 Å². The fourth-order valence-electron chi connectivity index (χ4n) is 4.04. The molecule has 0 amide bonds. The molecule has 1 unspecified atom stereocenters. The third kappa shape index (κ3) is 2.52. The molecule has 0 aromatic rings. The van der Waals surface area contributed by atoms with Crippen LogP contribution >= 0.6 is 0 Å². The second-order valence-corrected chi connectivity index (χ2v) is 6.67. The lowest BCUT2D eigenvalue weighted by atomic mass is 9.74. The molecule has 1 aliphatic heterocycles. The second-order valence-electron chi connectivity index (χ2n) is 6.67. The number of nitrogens with one attached hydrogen (secondary N) is 1. The van der Waals surface area contributed by atoms with E-state index >= 15 is 0 Å². The highest BCUT2D eigenvalue weighted by molar-refractivity contribution is 5.80. The molecule has 0 aromatic heterocycles. The number of rotatable bonds is 3. The summed E-state index contributed by atoms with van der Waals surface area (Å²) in [6.45, 7) is 0.785. The van der Waals surface area contributed by atoms with Gasteiger partial charge >= 0.3 is 5.97 Å². The van der Waals surface area contributed by atoms with Crippen LogP contribution in [0.5, 0.6) is 0 Å². The molecule has 1 spiro atoms. The van der Waals surface area contributed by atoms with Gasteiger partial charge in [-0.05, 0) is 44.9 Å². The van der Waals surface area contributed by atoms with Gasteiger partial charge in [-0.3, -0.25) is 10.1 Å². The Bertz CT molecular complexity index is 340. The summed E-state index contributed by atoms with van der Waals surface area (Å²) in [5, 5.41) is 12.9. The highest BCUT2D eigenvalue weighted by Crippen LogP contribution is 2.40. The normalized spacial score (nSPS) is 32.7. The van der Waals surface area contributed by atoms with E-state index in [0.29, 0.717) is 6.04 Å². The summed E-state index contributed by atoms with van der Waals surface area (Å²) in [6, 6.07) is 0.322. The van der Waals surface area contributed by atoms with Crippen LogP contribution in [-0.4, -0.2) is 34.9 Å². The van der Waals surface area contributed by atoms with Gasteiger partial charge in [0.2, 0.25) is 0 Å². The molecule has 1 saturated heterocycles. The summed E-state index contributed by atoms with van der Waals surface area (Å²) < 4.78 is 6.08. The lowest BCUT2D eigenvalue weighted by Crippen LogP contribution is -2.62. The molecule has 1 atom stereocenters. The molecule has 3 fully saturated rings. The number of hydrogen-bond donors (Lipinski definition) is 2. The van der Waals surface area contributed by atoms with E-state index in [1.165, 1.54) is 19.3 Å². The Morgan fingerprint density at radius 3 is 2.42 bits per heavy atom. The summed E-state index contributed by atoms with van der Waals surface area (Å²) in [4.78, 5) is 11.5. The molecule has 2 aliphatic carbocycles. The first-order valence-electron chi connectivity index (χ1n) is 7.79. The molecular formula is C15H25NO3. The highest BCUT2D eigenvalue weighted by atomic mass is 16.5. The van der Waals surface area contributed by atoms with Gasteiger partial charge in [-0.1, -0.05) is 19.3 Å². The van der Waals surface area contributed by atoms with Crippen LogP contribution in [0, 0.1) is 0 Å². The van der Waals surface area contributed by atoms with Crippen molar-refractivity contribution < 1.29 is 14.6 Å². The Morgan fingerprint density at radius 1 is 1.11 bits per heavy atom. The zero-order valence-corrected chi connectivity index (χ0v) is 11.6. The minimum Gasteiger partial charge on any atom is -0.480 e. The average molecular weight is 267 g/mol. The van der Waals surface area contributed by atoms with Gasteiger partial charge in [0.1, 0.15) is 5.54 Å². The van der Waals surface area contributed by atoms with E-state index in [1.54, 1.807) is 0 Å². The molecule has 19 heavy (non-hydrogen) atoms. The smallest absolute Gasteiger partial charge is 0.323 e. The summed E-state index contributed by atoms with van der Waals surface area (Å²) in [7, 11) is 0. The minimum atomic E-state index is -0.664. The first-order chi connectivity index (χ1) is 9.14. The van der Waals surface area contributed by atoms with Gasteiger partial charge in [0, 0.05) is 12.6 Å². The number of carboxylic acids is 1. The fourth-order valence-corrected chi connectivity index (χ4v) is 4.04. The number of carbonyl (C=O) groups is 1. The van der Waals surface area contributed by atoms with E-state index in [-0.39, 0.29) is 5.60 Å². The maximum absolute atomic E-state index is 11.5. The molecule has 0 aromatic carbocycles. The van der Waals surface area contributed by atoms with Gasteiger partial charge in [0.15, 0.2) is 0 Å². The average Bonchev–Trinajstić information content (AvgIpc) is 2.34. The summed E-state index contributed by atoms with van der Waals surface area (Å²) in [5.74, 6) is -0.664. The van der Waals surface area contributed by atoms with Crippen LogP contribution in [0.15, 0.2) is 0 Å². The Morgan fingerprint density at radius 2 is 1.84 bits per heavy atom. The fraction of sp³-hybridized carbons (Fsp3) is 0.933. The van der Waals surface area contributed by atoms with Gasteiger partial charge in [-0.25, -0.2) is 0 Å². The van der Waals surface area contributed by atoms with Gasteiger partial charge in [-0.2, -0.15) is 0 Å². The number of ether oxygens (including phenoxy) is 1. The van der Waals surface area contributed by atoms with Crippen LogP contribution in [0.4, 0.5) is 0 Å². The van der Waals surface area contributed by atoms with E-state index in [0.717, 1.165) is 51.6 Å². The number of hydrogen-bond acceptors (Lipinski definition) is 3. The Kier molecular flexibility index (Phi) is 3.56. The molecule has 4 nitrogen and oxygen atoms in total. The maximum atomic E-state index is 11.5. The zero-order chi connectivity index (χ0) is 13.3. The molecule has 0 bridgehead atoms. The molecule has 1 heterocycles. The highest BCUT2D eigenvalue weighted by Gasteiger charge is 2.47. The lowest BCUT2D eigenvalue weighted by Gasteiger charge is -2.48. The summed E-state index contributed by atoms with van der Waals surface area (Å²) in [6.07, 6.45) is 10.7. The topological polar surface area (TPSA) is 58.6 Å². The molecule has 0 radical (unpaired) electrons. The number of carboxylic acid groups (broad SMARTS) is 1. The SMILES string of the molecule is O=C(O)C1(NC2CCOC3(CCCCC3)C2)CCC1. The predicted octanol–water partition coefficient (Wildman–Crippen LogP) is 2.47. The van der Waals surface area contributed by atoms with Crippen LogP contribution in [0.25, 0.3) is 0 Å². The molecule has 108 valence electrons. The monoisotopic (exact) mass is 267 g/mol.